The number of nitrogens with one attached hydrogen (secondary N) is 1. The van der Waals surface area contributed by atoms with E-state index in [1.807, 2.05) is 25.1 Å². The molecule has 1 aliphatic rings. The Morgan fingerprint density at radius 2 is 2.00 bits per heavy atom. The Morgan fingerprint density at radius 1 is 1.21 bits per heavy atom. The van der Waals surface area contributed by atoms with Gasteiger partial charge in [-0.1, -0.05) is 11.3 Å². The van der Waals surface area contributed by atoms with Crippen LogP contribution >= 0.6 is 11.3 Å². The minimum absolute atomic E-state index is 0.380. The Labute approximate surface area is 165 Å². The molecule has 8 heteroatoms. The van der Waals surface area contributed by atoms with Gasteiger partial charge in [-0.05, 0) is 39.0 Å². The molecule has 7 nitrogen and oxygen atoms in total. The molecule has 0 radical (unpaired) electrons. The summed E-state index contributed by atoms with van der Waals surface area (Å²) in [5, 5.41) is 9.71. The van der Waals surface area contributed by atoms with Crippen LogP contribution in [0.3, 0.4) is 0 Å². The molecule has 1 N–H and O–H groups in total. The van der Waals surface area contributed by atoms with Gasteiger partial charge in [0.15, 0.2) is 0 Å². The van der Waals surface area contributed by atoms with E-state index in [9.17, 15) is 4.79 Å². The normalized spacial score (nSPS) is 20.3. The van der Waals surface area contributed by atoms with Crippen LogP contribution in [-0.4, -0.2) is 39.8 Å². The van der Waals surface area contributed by atoms with Crippen molar-refractivity contribution in [2.75, 3.05) is 18.0 Å². The quantitative estimate of drug-likeness (QED) is 0.526. The van der Waals surface area contributed by atoms with E-state index in [1.165, 1.54) is 11.3 Å². The SMILES string of the molecule is Cc1nn2cc(-c3cc4ccc(N5C[C@@H](C)N[C@@H](C)C5)cc4oc3=O)nc2s1. The average Bonchev–Trinajstić information content (AvgIpc) is 3.17. The summed E-state index contributed by atoms with van der Waals surface area (Å²) >= 11 is 1.49. The van der Waals surface area contributed by atoms with E-state index in [4.69, 9.17) is 4.42 Å². The highest BCUT2D eigenvalue weighted by atomic mass is 32.1. The third-order valence-corrected chi connectivity index (χ3v) is 5.90. The number of piperazine rings is 1. The van der Waals surface area contributed by atoms with Crippen molar-refractivity contribution in [3.63, 3.8) is 0 Å². The molecule has 0 amide bonds. The van der Waals surface area contributed by atoms with Gasteiger partial charge in [-0.15, -0.1) is 0 Å². The first-order chi connectivity index (χ1) is 13.5. The number of aryl methyl sites for hydroxylation is 1. The zero-order valence-corrected chi connectivity index (χ0v) is 16.8. The van der Waals surface area contributed by atoms with Gasteiger partial charge in [0.05, 0.1) is 17.5 Å². The van der Waals surface area contributed by atoms with E-state index in [2.05, 4.69) is 40.2 Å². The highest BCUT2D eigenvalue weighted by Gasteiger charge is 2.22. The topological polar surface area (TPSA) is 75.7 Å². The Morgan fingerprint density at radius 3 is 2.75 bits per heavy atom. The number of hydrogen-bond donors (Lipinski definition) is 1. The third kappa shape index (κ3) is 2.98. The van der Waals surface area contributed by atoms with Gasteiger partial charge in [0.25, 0.3) is 0 Å². The molecule has 1 aromatic carbocycles. The molecule has 1 saturated heterocycles. The molecule has 0 bridgehead atoms. The first kappa shape index (κ1) is 17.4. The zero-order valence-electron chi connectivity index (χ0n) is 16.0. The van der Waals surface area contributed by atoms with Gasteiger partial charge in [0, 0.05) is 42.3 Å². The molecule has 1 aliphatic heterocycles. The van der Waals surface area contributed by atoms with Crippen molar-refractivity contribution in [1.29, 1.82) is 0 Å². The van der Waals surface area contributed by atoms with Crippen LogP contribution in [-0.2, 0) is 0 Å². The monoisotopic (exact) mass is 395 g/mol. The van der Waals surface area contributed by atoms with Gasteiger partial charge in [-0.2, -0.15) is 5.10 Å². The molecule has 2 atom stereocenters. The number of benzene rings is 1. The Balaban J connectivity index is 1.54. The Bertz CT molecular complexity index is 1200. The molecular weight excluding hydrogens is 374 g/mol. The molecule has 4 heterocycles. The van der Waals surface area contributed by atoms with Crippen molar-refractivity contribution >= 4 is 33.0 Å². The predicted molar refractivity (Wildman–Crippen MR) is 111 cm³/mol. The minimum atomic E-state index is -0.380. The van der Waals surface area contributed by atoms with Crippen LogP contribution in [0, 0.1) is 6.92 Å². The second kappa shape index (κ2) is 6.42. The number of aromatic nitrogens is 3. The molecule has 5 rings (SSSR count). The van der Waals surface area contributed by atoms with E-state index >= 15 is 0 Å². The summed E-state index contributed by atoms with van der Waals surface area (Å²) in [7, 11) is 0. The van der Waals surface area contributed by atoms with Crippen molar-refractivity contribution in [3.05, 3.63) is 45.9 Å². The van der Waals surface area contributed by atoms with Crippen LogP contribution < -0.4 is 15.8 Å². The van der Waals surface area contributed by atoms with E-state index in [0.717, 1.165) is 34.1 Å². The summed E-state index contributed by atoms with van der Waals surface area (Å²) < 4.78 is 7.37. The van der Waals surface area contributed by atoms with Gasteiger partial charge in [0.1, 0.15) is 10.6 Å². The van der Waals surface area contributed by atoms with Crippen LogP contribution in [0.1, 0.15) is 18.9 Å². The number of nitrogens with zero attached hydrogens (tertiary/aromatic N) is 4. The van der Waals surface area contributed by atoms with Crippen molar-refractivity contribution in [2.24, 2.45) is 0 Å². The first-order valence-corrected chi connectivity index (χ1v) is 10.2. The second-order valence-corrected chi connectivity index (χ2v) is 8.68. The number of fused-ring (bicyclic) bond motifs is 2. The smallest absolute Gasteiger partial charge is 0.345 e. The molecule has 0 aliphatic carbocycles. The van der Waals surface area contributed by atoms with Gasteiger partial charge in [-0.3, -0.25) is 0 Å². The highest BCUT2D eigenvalue weighted by molar-refractivity contribution is 7.16. The fourth-order valence-electron chi connectivity index (χ4n) is 3.94. The summed E-state index contributed by atoms with van der Waals surface area (Å²) in [5.74, 6) is 0. The standard InChI is InChI=1S/C20H21N5O2S/c1-11-8-24(9-12(2)21-11)15-5-4-14-6-16(19(26)27-18(14)7-15)17-10-25-20(22-17)28-13(3)23-25/h4-7,10-12,21H,8-9H2,1-3H3/t11-,12+. The largest absolute Gasteiger partial charge is 0.422 e. The fraction of sp³-hybridized carbons (Fsp3) is 0.350. The maximum absolute atomic E-state index is 12.6. The molecule has 144 valence electrons. The highest BCUT2D eigenvalue weighted by Crippen LogP contribution is 2.27. The predicted octanol–water partition coefficient (Wildman–Crippen LogP) is 3.06. The van der Waals surface area contributed by atoms with Gasteiger partial charge in [0.2, 0.25) is 4.96 Å². The van der Waals surface area contributed by atoms with Crippen molar-refractivity contribution < 1.29 is 4.42 Å². The third-order valence-electron chi connectivity index (χ3n) is 5.06. The van der Waals surface area contributed by atoms with E-state index in [1.54, 1.807) is 10.7 Å². The number of hydrogen-bond acceptors (Lipinski definition) is 7. The van der Waals surface area contributed by atoms with Crippen molar-refractivity contribution in [3.8, 4) is 11.3 Å². The minimum Gasteiger partial charge on any atom is -0.422 e. The van der Waals surface area contributed by atoms with Gasteiger partial charge >= 0.3 is 5.63 Å². The molecule has 4 aromatic rings. The van der Waals surface area contributed by atoms with Crippen LogP contribution in [0.25, 0.3) is 27.2 Å². The Kier molecular flexibility index (Phi) is 3.99. The molecule has 3 aromatic heterocycles. The van der Waals surface area contributed by atoms with Crippen LogP contribution in [0.4, 0.5) is 5.69 Å². The lowest BCUT2D eigenvalue weighted by Gasteiger charge is -2.37. The van der Waals surface area contributed by atoms with Gasteiger partial charge in [-0.25, -0.2) is 14.3 Å². The zero-order chi connectivity index (χ0) is 19.4. The lowest BCUT2D eigenvalue weighted by atomic mass is 10.1. The van der Waals surface area contributed by atoms with Crippen LogP contribution in [0.15, 0.2) is 39.7 Å². The van der Waals surface area contributed by atoms with Gasteiger partial charge < -0.3 is 14.6 Å². The molecule has 0 saturated carbocycles. The number of imidazole rings is 1. The Hall–Kier alpha value is -2.71. The van der Waals surface area contributed by atoms with E-state index < -0.39 is 0 Å². The molecule has 1 fully saturated rings. The number of anilines is 1. The first-order valence-electron chi connectivity index (χ1n) is 9.38. The molecule has 0 unspecified atom stereocenters. The lowest BCUT2D eigenvalue weighted by Crippen LogP contribution is -2.54. The number of rotatable bonds is 2. The summed E-state index contributed by atoms with van der Waals surface area (Å²) in [6.45, 7) is 8.15. The fourth-order valence-corrected chi connectivity index (χ4v) is 4.67. The summed E-state index contributed by atoms with van der Waals surface area (Å²) in [4.78, 5) is 20.3. The van der Waals surface area contributed by atoms with Crippen LogP contribution in [0.2, 0.25) is 0 Å². The van der Waals surface area contributed by atoms with Crippen molar-refractivity contribution in [1.82, 2.24) is 19.9 Å². The lowest BCUT2D eigenvalue weighted by molar-refractivity contribution is 0.407. The molecule has 28 heavy (non-hydrogen) atoms. The molecular formula is C20H21N5O2S. The van der Waals surface area contributed by atoms with E-state index in [-0.39, 0.29) is 5.63 Å². The second-order valence-electron chi connectivity index (χ2n) is 7.52. The van der Waals surface area contributed by atoms with Crippen molar-refractivity contribution in [2.45, 2.75) is 32.9 Å². The summed E-state index contributed by atoms with van der Waals surface area (Å²) in [5.41, 5.74) is 2.34. The summed E-state index contributed by atoms with van der Waals surface area (Å²) in [6, 6.07) is 8.75. The van der Waals surface area contributed by atoms with Crippen LogP contribution in [0.5, 0.6) is 0 Å². The summed E-state index contributed by atoms with van der Waals surface area (Å²) in [6.07, 6.45) is 1.77. The average molecular weight is 395 g/mol. The molecule has 0 spiro atoms. The maximum atomic E-state index is 12.6. The van der Waals surface area contributed by atoms with E-state index in [0.29, 0.717) is 28.9 Å². The maximum Gasteiger partial charge on any atom is 0.345 e.